The summed E-state index contributed by atoms with van der Waals surface area (Å²) in [6, 6.07) is 4.70. The van der Waals surface area contributed by atoms with E-state index in [1.165, 1.54) is 45.3 Å². The number of carbonyl (C=O) groups is 3. The maximum Gasteiger partial charge on any atom is 0.337 e. The number of hydrogen-bond acceptors (Lipinski definition) is 6. The van der Waals surface area contributed by atoms with Crippen LogP contribution in [0.4, 0.5) is 5.69 Å². The highest BCUT2D eigenvalue weighted by Gasteiger charge is 2.16. The van der Waals surface area contributed by atoms with Crippen LogP contribution >= 0.6 is 0 Å². The lowest BCUT2D eigenvalue weighted by Gasteiger charge is -2.17. The molecule has 1 aliphatic rings. The van der Waals surface area contributed by atoms with E-state index in [4.69, 9.17) is 9.47 Å². The Kier molecular flexibility index (Phi) is 7.44. The molecule has 1 fully saturated rings. The van der Waals surface area contributed by atoms with E-state index >= 15 is 0 Å². The number of esters is 2. The predicted molar refractivity (Wildman–Crippen MR) is 97.2 cm³/mol. The van der Waals surface area contributed by atoms with Gasteiger partial charge in [0.2, 0.25) is 5.91 Å². The second kappa shape index (κ2) is 9.79. The molecule has 7 heteroatoms. The fraction of sp³-hybridized carbons (Fsp3) is 0.526. The molecule has 2 rings (SSSR count). The van der Waals surface area contributed by atoms with Crippen molar-refractivity contribution < 1.29 is 23.9 Å². The lowest BCUT2D eigenvalue weighted by molar-refractivity contribution is -0.120. The van der Waals surface area contributed by atoms with Crippen LogP contribution in [0.2, 0.25) is 0 Å². The zero-order valence-corrected chi connectivity index (χ0v) is 15.3. The van der Waals surface area contributed by atoms with Crippen molar-refractivity contribution >= 4 is 23.5 Å². The summed E-state index contributed by atoms with van der Waals surface area (Å²) in [5.74, 6) is -1.25. The smallest absolute Gasteiger partial charge is 0.337 e. The molecule has 0 radical (unpaired) electrons. The van der Waals surface area contributed by atoms with Crippen molar-refractivity contribution in [3.05, 3.63) is 29.3 Å². The molecule has 0 unspecified atom stereocenters. The number of anilines is 1. The second-order valence-corrected chi connectivity index (χ2v) is 6.39. The Labute approximate surface area is 153 Å². The molecule has 1 aromatic carbocycles. The van der Waals surface area contributed by atoms with Crippen LogP contribution in [0.15, 0.2) is 18.2 Å². The highest BCUT2D eigenvalue weighted by molar-refractivity contribution is 5.97. The molecule has 0 aliphatic heterocycles. The van der Waals surface area contributed by atoms with Gasteiger partial charge in [0.25, 0.3) is 0 Å². The minimum atomic E-state index is -0.568. The van der Waals surface area contributed by atoms with Gasteiger partial charge in [-0.1, -0.05) is 25.7 Å². The minimum absolute atomic E-state index is 0.0573. The summed E-state index contributed by atoms with van der Waals surface area (Å²) in [5.41, 5.74) is 0.897. The van der Waals surface area contributed by atoms with Crippen molar-refractivity contribution in [2.45, 2.75) is 44.6 Å². The molecule has 26 heavy (non-hydrogen) atoms. The molecule has 142 valence electrons. The van der Waals surface area contributed by atoms with Gasteiger partial charge in [-0.15, -0.1) is 0 Å². The van der Waals surface area contributed by atoms with Crippen molar-refractivity contribution in [2.75, 3.05) is 26.1 Å². The highest BCUT2D eigenvalue weighted by atomic mass is 16.5. The van der Waals surface area contributed by atoms with Crippen LogP contribution in [-0.2, 0) is 14.3 Å². The van der Waals surface area contributed by atoms with Gasteiger partial charge in [0.05, 0.1) is 31.9 Å². The van der Waals surface area contributed by atoms with Crippen molar-refractivity contribution in [1.82, 2.24) is 5.32 Å². The number of nitrogens with one attached hydrogen (secondary N) is 2. The lowest BCUT2D eigenvalue weighted by Crippen LogP contribution is -2.38. The summed E-state index contributed by atoms with van der Waals surface area (Å²) in [6.07, 6.45) is 6.75. The van der Waals surface area contributed by atoms with Gasteiger partial charge in [0.1, 0.15) is 0 Å². The molecule has 0 atom stereocenters. The number of rotatable bonds is 6. The molecule has 1 saturated carbocycles. The van der Waals surface area contributed by atoms with E-state index in [1.807, 2.05) is 0 Å². The molecule has 0 bridgehead atoms. The molecule has 2 N–H and O–H groups in total. The summed E-state index contributed by atoms with van der Waals surface area (Å²) in [6.45, 7) is 0.0573. The van der Waals surface area contributed by atoms with Crippen LogP contribution in [0, 0.1) is 0 Å². The quantitative estimate of drug-likeness (QED) is 0.597. The normalized spacial score (nSPS) is 14.8. The first-order valence-corrected chi connectivity index (χ1v) is 8.88. The van der Waals surface area contributed by atoms with E-state index in [0.717, 1.165) is 25.7 Å². The molecule has 1 amide bonds. The molecule has 0 aromatic heterocycles. The first kappa shape index (κ1) is 19.8. The van der Waals surface area contributed by atoms with Gasteiger partial charge in [-0.3, -0.25) is 4.79 Å². The summed E-state index contributed by atoms with van der Waals surface area (Å²) in [5, 5.41) is 6.00. The molecule has 1 aliphatic carbocycles. The lowest BCUT2D eigenvalue weighted by atomic mass is 10.1. The Bertz CT molecular complexity index is 617. The van der Waals surface area contributed by atoms with Gasteiger partial charge in [-0.25, -0.2) is 9.59 Å². The van der Waals surface area contributed by atoms with Crippen molar-refractivity contribution in [3.63, 3.8) is 0 Å². The van der Waals surface area contributed by atoms with E-state index in [-0.39, 0.29) is 29.6 Å². The Morgan fingerprint density at radius 1 is 0.923 bits per heavy atom. The third-order valence-corrected chi connectivity index (χ3v) is 4.45. The summed E-state index contributed by atoms with van der Waals surface area (Å²) >= 11 is 0. The molecule has 0 saturated heterocycles. The van der Waals surface area contributed by atoms with Crippen LogP contribution < -0.4 is 10.6 Å². The van der Waals surface area contributed by atoms with Gasteiger partial charge in [-0.05, 0) is 31.0 Å². The highest BCUT2D eigenvalue weighted by Crippen LogP contribution is 2.18. The number of carbonyl (C=O) groups excluding carboxylic acids is 3. The van der Waals surface area contributed by atoms with Crippen LogP contribution in [0.5, 0.6) is 0 Å². The van der Waals surface area contributed by atoms with Crippen LogP contribution in [-0.4, -0.2) is 44.7 Å². The fourth-order valence-electron chi connectivity index (χ4n) is 3.09. The molecule has 0 spiro atoms. The Morgan fingerprint density at radius 2 is 1.46 bits per heavy atom. The molecular weight excluding hydrogens is 336 g/mol. The fourth-order valence-corrected chi connectivity index (χ4v) is 3.09. The minimum Gasteiger partial charge on any atom is -0.465 e. The SMILES string of the molecule is COC(=O)c1cc(NCC(=O)NC2CCCCCC2)cc(C(=O)OC)c1. The maximum absolute atomic E-state index is 12.2. The van der Waals surface area contributed by atoms with E-state index < -0.39 is 11.9 Å². The monoisotopic (exact) mass is 362 g/mol. The number of amides is 1. The van der Waals surface area contributed by atoms with Crippen molar-refractivity contribution in [2.24, 2.45) is 0 Å². The first-order valence-electron chi connectivity index (χ1n) is 8.88. The van der Waals surface area contributed by atoms with E-state index in [9.17, 15) is 14.4 Å². The second-order valence-electron chi connectivity index (χ2n) is 6.39. The van der Waals surface area contributed by atoms with Crippen LogP contribution in [0.25, 0.3) is 0 Å². The average Bonchev–Trinajstić information content (AvgIpc) is 2.93. The van der Waals surface area contributed by atoms with Gasteiger partial charge >= 0.3 is 11.9 Å². The summed E-state index contributed by atoms with van der Waals surface area (Å²) in [4.78, 5) is 35.8. The van der Waals surface area contributed by atoms with Gasteiger partial charge in [0, 0.05) is 11.7 Å². The van der Waals surface area contributed by atoms with E-state index in [0.29, 0.717) is 5.69 Å². The molecule has 0 heterocycles. The third kappa shape index (κ3) is 5.75. The van der Waals surface area contributed by atoms with Gasteiger partial charge < -0.3 is 20.1 Å². The molecule has 1 aromatic rings. The molecular formula is C19H26N2O5. The average molecular weight is 362 g/mol. The van der Waals surface area contributed by atoms with Gasteiger partial charge in [0.15, 0.2) is 0 Å². The largest absolute Gasteiger partial charge is 0.465 e. The topological polar surface area (TPSA) is 93.7 Å². The Balaban J connectivity index is 2.01. The third-order valence-electron chi connectivity index (χ3n) is 4.45. The van der Waals surface area contributed by atoms with Crippen LogP contribution in [0.1, 0.15) is 59.2 Å². The Hall–Kier alpha value is -2.57. The standard InChI is InChI=1S/C19H26N2O5/c1-25-18(23)13-9-14(19(24)26-2)11-16(10-13)20-12-17(22)21-15-7-5-3-4-6-8-15/h9-11,15,20H,3-8,12H2,1-2H3,(H,21,22). The first-order chi connectivity index (χ1) is 12.5. The van der Waals surface area contributed by atoms with E-state index in [2.05, 4.69) is 10.6 Å². The number of hydrogen-bond donors (Lipinski definition) is 2. The number of methoxy groups -OCH3 is 2. The number of benzene rings is 1. The van der Waals surface area contributed by atoms with Gasteiger partial charge in [-0.2, -0.15) is 0 Å². The Morgan fingerprint density at radius 3 is 1.96 bits per heavy atom. The number of ether oxygens (including phenoxy) is 2. The molecule has 7 nitrogen and oxygen atoms in total. The maximum atomic E-state index is 12.2. The summed E-state index contributed by atoms with van der Waals surface area (Å²) in [7, 11) is 2.53. The predicted octanol–water partition coefficient (Wildman–Crippen LogP) is 2.51. The van der Waals surface area contributed by atoms with Crippen molar-refractivity contribution in [1.29, 1.82) is 0 Å². The zero-order valence-electron chi connectivity index (χ0n) is 15.3. The van der Waals surface area contributed by atoms with Crippen LogP contribution in [0.3, 0.4) is 0 Å². The van der Waals surface area contributed by atoms with Crippen molar-refractivity contribution in [3.8, 4) is 0 Å². The zero-order chi connectivity index (χ0) is 18.9. The summed E-state index contributed by atoms with van der Waals surface area (Å²) < 4.78 is 9.40. The van der Waals surface area contributed by atoms with E-state index in [1.54, 1.807) is 0 Å².